The molecule has 0 aliphatic heterocycles. The average Bonchev–Trinajstić information content (AvgIpc) is 2.96. The second kappa shape index (κ2) is 3.90. The molecule has 0 spiro atoms. The van der Waals surface area contributed by atoms with Crippen LogP contribution in [0, 0.1) is 0 Å². The highest BCUT2D eigenvalue weighted by atomic mass is 16.5. The van der Waals surface area contributed by atoms with Crippen LogP contribution in [-0.2, 0) is 10.3 Å². The lowest BCUT2D eigenvalue weighted by Crippen LogP contribution is -2.41. The first kappa shape index (κ1) is 10.6. The largest absolute Gasteiger partial charge is 0.382 e. The quantitative estimate of drug-likeness (QED) is 0.791. The maximum absolute atomic E-state index is 6.15. The molecule has 0 aromatic carbocycles. The first-order chi connectivity index (χ1) is 7.19. The minimum Gasteiger partial charge on any atom is -0.382 e. The molecule has 2 N–H and O–H groups in total. The van der Waals surface area contributed by atoms with Crippen LogP contribution in [0.4, 0.5) is 0 Å². The summed E-state index contributed by atoms with van der Waals surface area (Å²) < 4.78 is 10.3. The standard InChI is InChI=1S/C10H17N3O2/c1-3-10(11,6-14-2)9-12-8(15-13-9)7-4-5-7/h7H,3-6,11H2,1-2H3. The molecule has 5 heteroatoms. The van der Waals surface area contributed by atoms with Crippen molar-refractivity contribution in [3.63, 3.8) is 0 Å². The second-order valence-corrected chi connectivity index (χ2v) is 4.17. The van der Waals surface area contributed by atoms with Gasteiger partial charge in [0, 0.05) is 13.0 Å². The van der Waals surface area contributed by atoms with E-state index in [4.69, 9.17) is 15.0 Å². The van der Waals surface area contributed by atoms with Gasteiger partial charge in [0.15, 0.2) is 5.82 Å². The lowest BCUT2D eigenvalue weighted by Gasteiger charge is -2.22. The van der Waals surface area contributed by atoms with E-state index in [1.165, 1.54) is 0 Å². The van der Waals surface area contributed by atoms with E-state index in [-0.39, 0.29) is 0 Å². The molecule has 1 heterocycles. The van der Waals surface area contributed by atoms with Gasteiger partial charge in [-0.1, -0.05) is 12.1 Å². The van der Waals surface area contributed by atoms with Crippen LogP contribution in [0.2, 0.25) is 0 Å². The third-order valence-electron chi connectivity index (χ3n) is 2.85. The van der Waals surface area contributed by atoms with Crippen LogP contribution in [0.1, 0.15) is 43.8 Å². The Kier molecular flexibility index (Phi) is 2.75. The van der Waals surface area contributed by atoms with Gasteiger partial charge in [-0.05, 0) is 19.3 Å². The van der Waals surface area contributed by atoms with Crippen LogP contribution in [-0.4, -0.2) is 23.9 Å². The van der Waals surface area contributed by atoms with E-state index in [1.54, 1.807) is 7.11 Å². The molecule has 0 bridgehead atoms. The molecule has 1 fully saturated rings. The van der Waals surface area contributed by atoms with Gasteiger partial charge in [-0.3, -0.25) is 0 Å². The molecule has 1 aromatic rings. The molecule has 1 saturated carbocycles. The van der Waals surface area contributed by atoms with Gasteiger partial charge in [0.1, 0.15) is 5.54 Å². The molecule has 0 amide bonds. The predicted octanol–water partition coefficient (Wildman–Crippen LogP) is 1.16. The third-order valence-corrected chi connectivity index (χ3v) is 2.85. The van der Waals surface area contributed by atoms with Crippen molar-refractivity contribution >= 4 is 0 Å². The van der Waals surface area contributed by atoms with Crippen molar-refractivity contribution in [2.45, 2.75) is 37.6 Å². The first-order valence-electron chi connectivity index (χ1n) is 5.31. The summed E-state index contributed by atoms with van der Waals surface area (Å²) in [5, 5.41) is 3.95. The molecule has 1 aromatic heterocycles. The van der Waals surface area contributed by atoms with Crippen molar-refractivity contribution in [3.05, 3.63) is 11.7 Å². The number of nitrogens with two attached hydrogens (primary N) is 1. The van der Waals surface area contributed by atoms with E-state index >= 15 is 0 Å². The Labute approximate surface area is 89.0 Å². The lowest BCUT2D eigenvalue weighted by atomic mass is 9.98. The summed E-state index contributed by atoms with van der Waals surface area (Å²) in [4.78, 5) is 4.35. The van der Waals surface area contributed by atoms with Crippen molar-refractivity contribution < 1.29 is 9.26 Å². The zero-order valence-electron chi connectivity index (χ0n) is 9.19. The van der Waals surface area contributed by atoms with Gasteiger partial charge in [-0.25, -0.2) is 0 Å². The van der Waals surface area contributed by atoms with Gasteiger partial charge in [0.25, 0.3) is 0 Å². The van der Waals surface area contributed by atoms with Gasteiger partial charge in [0.05, 0.1) is 6.61 Å². The Hall–Kier alpha value is -0.940. The third kappa shape index (κ3) is 2.03. The Balaban J connectivity index is 2.17. The summed E-state index contributed by atoms with van der Waals surface area (Å²) in [5.74, 6) is 1.76. The molecule has 1 aliphatic rings. The first-order valence-corrected chi connectivity index (χ1v) is 5.31. The zero-order valence-corrected chi connectivity index (χ0v) is 9.19. The summed E-state index contributed by atoms with van der Waals surface area (Å²) in [6.07, 6.45) is 3.02. The zero-order chi connectivity index (χ0) is 10.9. The van der Waals surface area contributed by atoms with Gasteiger partial charge in [0.2, 0.25) is 5.89 Å². The minimum atomic E-state index is -0.620. The Bertz CT molecular complexity index is 335. The molecule has 84 valence electrons. The molecule has 1 aliphatic carbocycles. The average molecular weight is 211 g/mol. The van der Waals surface area contributed by atoms with Gasteiger partial charge >= 0.3 is 0 Å². The highest BCUT2D eigenvalue weighted by Crippen LogP contribution is 2.39. The molecule has 1 unspecified atom stereocenters. The fraction of sp³-hybridized carbons (Fsp3) is 0.800. The number of rotatable bonds is 5. The molecule has 5 nitrogen and oxygen atoms in total. The smallest absolute Gasteiger partial charge is 0.229 e. The number of ether oxygens (including phenoxy) is 1. The van der Waals surface area contributed by atoms with E-state index in [1.807, 2.05) is 6.92 Å². The Morgan fingerprint density at radius 3 is 2.87 bits per heavy atom. The summed E-state index contributed by atoms with van der Waals surface area (Å²) in [6, 6.07) is 0. The fourth-order valence-electron chi connectivity index (χ4n) is 1.52. The Morgan fingerprint density at radius 2 is 2.33 bits per heavy atom. The van der Waals surface area contributed by atoms with E-state index in [2.05, 4.69) is 10.1 Å². The normalized spacial score (nSPS) is 20.2. The topological polar surface area (TPSA) is 74.2 Å². The fourth-order valence-corrected chi connectivity index (χ4v) is 1.52. The van der Waals surface area contributed by atoms with E-state index in [0.717, 1.165) is 25.2 Å². The van der Waals surface area contributed by atoms with Crippen LogP contribution < -0.4 is 5.73 Å². The van der Waals surface area contributed by atoms with Crippen molar-refractivity contribution in [2.24, 2.45) is 5.73 Å². The SMILES string of the molecule is CCC(N)(COC)c1noc(C2CC2)n1. The molecular weight excluding hydrogens is 194 g/mol. The molecule has 2 rings (SSSR count). The van der Waals surface area contributed by atoms with Gasteiger partial charge in [-0.15, -0.1) is 0 Å². The van der Waals surface area contributed by atoms with Crippen molar-refractivity contribution in [2.75, 3.05) is 13.7 Å². The molecule has 0 radical (unpaired) electrons. The van der Waals surface area contributed by atoms with Crippen LogP contribution in [0.5, 0.6) is 0 Å². The highest BCUT2D eigenvalue weighted by molar-refractivity contribution is 5.08. The number of aromatic nitrogens is 2. The summed E-state index contributed by atoms with van der Waals surface area (Å²) in [5.41, 5.74) is 5.53. The summed E-state index contributed by atoms with van der Waals surface area (Å²) in [6.45, 7) is 2.40. The van der Waals surface area contributed by atoms with Crippen LogP contribution in [0.25, 0.3) is 0 Å². The van der Waals surface area contributed by atoms with Gasteiger partial charge < -0.3 is 15.0 Å². The number of nitrogens with zero attached hydrogens (tertiary/aromatic N) is 2. The predicted molar refractivity (Wildman–Crippen MR) is 54.3 cm³/mol. The monoisotopic (exact) mass is 211 g/mol. The van der Waals surface area contributed by atoms with E-state index in [0.29, 0.717) is 18.3 Å². The summed E-state index contributed by atoms with van der Waals surface area (Å²) in [7, 11) is 1.62. The number of hydrogen-bond donors (Lipinski definition) is 1. The minimum absolute atomic E-state index is 0.410. The van der Waals surface area contributed by atoms with Crippen molar-refractivity contribution in [1.82, 2.24) is 10.1 Å². The highest BCUT2D eigenvalue weighted by Gasteiger charge is 2.35. The molecule has 1 atom stereocenters. The van der Waals surface area contributed by atoms with E-state index < -0.39 is 5.54 Å². The van der Waals surface area contributed by atoms with Crippen molar-refractivity contribution in [1.29, 1.82) is 0 Å². The number of hydrogen-bond acceptors (Lipinski definition) is 5. The molecule has 0 saturated heterocycles. The lowest BCUT2D eigenvalue weighted by molar-refractivity contribution is 0.122. The van der Waals surface area contributed by atoms with Crippen LogP contribution in [0.3, 0.4) is 0 Å². The van der Waals surface area contributed by atoms with Gasteiger partial charge in [-0.2, -0.15) is 4.98 Å². The van der Waals surface area contributed by atoms with Crippen LogP contribution in [0.15, 0.2) is 4.52 Å². The maximum atomic E-state index is 6.15. The van der Waals surface area contributed by atoms with E-state index in [9.17, 15) is 0 Å². The summed E-state index contributed by atoms with van der Waals surface area (Å²) >= 11 is 0. The number of methoxy groups -OCH3 is 1. The second-order valence-electron chi connectivity index (χ2n) is 4.17. The van der Waals surface area contributed by atoms with Crippen molar-refractivity contribution in [3.8, 4) is 0 Å². The Morgan fingerprint density at radius 1 is 1.60 bits per heavy atom. The maximum Gasteiger partial charge on any atom is 0.229 e. The molecular formula is C10H17N3O2. The van der Waals surface area contributed by atoms with Crippen LogP contribution >= 0.6 is 0 Å². The molecule has 15 heavy (non-hydrogen) atoms.